The van der Waals surface area contributed by atoms with Crippen LogP contribution in [0.1, 0.15) is 42.9 Å². The van der Waals surface area contributed by atoms with Crippen LogP contribution in [0.4, 0.5) is 17.6 Å². The molecular formula is C24H28F4N4O5. The predicted octanol–water partition coefficient (Wildman–Crippen LogP) is 4.68. The summed E-state index contributed by atoms with van der Waals surface area (Å²) in [5, 5.41) is 12.4. The van der Waals surface area contributed by atoms with Crippen LogP contribution in [0.15, 0.2) is 46.5 Å². The molecule has 1 saturated carbocycles. The number of rotatable bonds is 10. The Labute approximate surface area is 210 Å². The van der Waals surface area contributed by atoms with Gasteiger partial charge in [0, 0.05) is 18.2 Å². The van der Waals surface area contributed by atoms with Crippen LogP contribution in [0.2, 0.25) is 0 Å². The van der Waals surface area contributed by atoms with Crippen molar-refractivity contribution >= 4 is 5.91 Å². The number of ether oxygens (including phenoxy) is 2. The molecule has 37 heavy (non-hydrogen) atoms. The van der Waals surface area contributed by atoms with E-state index < -0.39 is 36.8 Å². The van der Waals surface area contributed by atoms with Crippen molar-refractivity contribution in [3.05, 3.63) is 53.6 Å². The molecule has 2 heterocycles. The van der Waals surface area contributed by atoms with E-state index in [2.05, 4.69) is 15.0 Å². The smallest absolute Gasteiger partial charge is 0.387 e. The van der Waals surface area contributed by atoms with Gasteiger partial charge in [0.15, 0.2) is 23.0 Å². The van der Waals surface area contributed by atoms with E-state index in [1.54, 1.807) is 0 Å². The molecule has 1 amide bonds. The molecular weight excluding hydrogens is 500 g/mol. The molecule has 4 rings (SSSR count). The summed E-state index contributed by atoms with van der Waals surface area (Å²) in [6.45, 7) is 0.678. The van der Waals surface area contributed by atoms with E-state index in [9.17, 15) is 27.6 Å². The average Bonchev–Trinajstić information content (AvgIpc) is 3.59. The van der Waals surface area contributed by atoms with E-state index in [1.807, 2.05) is 13.8 Å². The van der Waals surface area contributed by atoms with Crippen LogP contribution >= 0.6 is 0 Å². The predicted molar refractivity (Wildman–Crippen MR) is 124 cm³/mol. The second-order valence-corrected chi connectivity index (χ2v) is 7.94. The van der Waals surface area contributed by atoms with Crippen LogP contribution in [0.25, 0.3) is 11.5 Å². The number of hydroxylamine groups is 2. The lowest BCUT2D eigenvalue weighted by Crippen LogP contribution is -2.42. The number of aromatic nitrogens is 1. The van der Waals surface area contributed by atoms with Crippen molar-refractivity contribution < 1.29 is 41.5 Å². The highest BCUT2D eigenvalue weighted by Crippen LogP contribution is 2.36. The molecule has 1 fully saturated rings. The molecule has 9 nitrogen and oxygen atoms in total. The molecule has 0 spiro atoms. The van der Waals surface area contributed by atoms with Gasteiger partial charge in [0.05, 0.1) is 19.4 Å². The fourth-order valence-electron chi connectivity index (χ4n) is 3.30. The maximum atomic E-state index is 13.9. The van der Waals surface area contributed by atoms with Crippen molar-refractivity contribution in [1.82, 2.24) is 15.4 Å². The molecule has 1 aliphatic carbocycles. The standard InChI is InChI=1S/C22H22F4N4O5.C2H6/c23-13-6-14(24)15(30(32)9-13)8-28-20(31)19-18(7-27)34-21(29-19)12-3-4-16(35-22(25)26)17(5-12)33-10-11-1-2-11;1-2/h3-6,9,11,15,22,32H,1-2,7-8,10,27H2,(H,28,31);1-2H3. The Morgan fingerprint density at radius 3 is 2.65 bits per heavy atom. The highest BCUT2D eigenvalue weighted by molar-refractivity contribution is 5.93. The molecule has 4 N–H and O–H groups in total. The lowest BCUT2D eigenvalue weighted by Gasteiger charge is -2.26. The number of allylic oxidation sites excluding steroid dienone is 2. The Balaban J connectivity index is 0.00000186. The maximum absolute atomic E-state index is 13.9. The van der Waals surface area contributed by atoms with Gasteiger partial charge < -0.3 is 24.9 Å². The number of amides is 1. The van der Waals surface area contributed by atoms with Crippen LogP contribution in [0.5, 0.6) is 11.5 Å². The Kier molecular flexibility index (Phi) is 9.53. The van der Waals surface area contributed by atoms with E-state index in [4.69, 9.17) is 14.9 Å². The number of oxazole rings is 1. The van der Waals surface area contributed by atoms with Crippen LogP contribution in [-0.2, 0) is 6.54 Å². The molecule has 0 radical (unpaired) electrons. The highest BCUT2D eigenvalue weighted by atomic mass is 19.3. The number of nitrogens with two attached hydrogens (primary N) is 1. The van der Waals surface area contributed by atoms with Crippen molar-refractivity contribution in [2.45, 2.75) is 45.9 Å². The van der Waals surface area contributed by atoms with Crippen molar-refractivity contribution in [2.75, 3.05) is 13.2 Å². The normalized spacial score (nSPS) is 17.0. The molecule has 2 aromatic rings. The second-order valence-electron chi connectivity index (χ2n) is 7.94. The Morgan fingerprint density at radius 1 is 1.30 bits per heavy atom. The number of carbonyl (C=O) groups excluding carboxylic acids is 1. The minimum atomic E-state index is -3.05. The van der Waals surface area contributed by atoms with E-state index in [-0.39, 0.29) is 35.4 Å². The van der Waals surface area contributed by atoms with E-state index >= 15 is 0 Å². The SMILES string of the molecule is CC.NCc1oc(-c2ccc(OC(F)F)c(OCC3CC3)c2)nc1C(=O)NCC1C(F)=CC(F)=CN1O. The van der Waals surface area contributed by atoms with Gasteiger partial charge in [-0.25, -0.2) is 18.8 Å². The molecule has 1 unspecified atom stereocenters. The van der Waals surface area contributed by atoms with Crippen molar-refractivity contribution in [1.29, 1.82) is 0 Å². The van der Waals surface area contributed by atoms with Crippen LogP contribution in [0, 0.1) is 5.92 Å². The van der Waals surface area contributed by atoms with Gasteiger partial charge >= 0.3 is 6.61 Å². The first-order valence-corrected chi connectivity index (χ1v) is 11.7. The largest absolute Gasteiger partial charge is 0.489 e. The summed E-state index contributed by atoms with van der Waals surface area (Å²) in [6.07, 6.45) is 3.24. The topological polar surface area (TPSA) is 123 Å². The zero-order valence-electron chi connectivity index (χ0n) is 20.2. The zero-order valence-corrected chi connectivity index (χ0v) is 20.2. The summed E-state index contributed by atoms with van der Waals surface area (Å²) in [7, 11) is 0. The van der Waals surface area contributed by atoms with Gasteiger partial charge in [0.1, 0.15) is 17.7 Å². The minimum absolute atomic E-state index is 0.0114. The van der Waals surface area contributed by atoms with Crippen molar-refractivity contribution in [3.8, 4) is 23.0 Å². The number of halogens is 4. The molecule has 1 atom stereocenters. The molecule has 2 aliphatic rings. The van der Waals surface area contributed by atoms with E-state index in [0.29, 0.717) is 35.4 Å². The van der Waals surface area contributed by atoms with Gasteiger partial charge in [-0.05, 0) is 37.0 Å². The van der Waals surface area contributed by atoms with Gasteiger partial charge in [-0.1, -0.05) is 13.8 Å². The third-order valence-corrected chi connectivity index (χ3v) is 5.30. The number of nitrogens with one attached hydrogen (secondary N) is 1. The fraction of sp³-hybridized carbons (Fsp3) is 0.417. The Bertz CT molecular complexity index is 1150. The third kappa shape index (κ3) is 7.23. The summed E-state index contributed by atoms with van der Waals surface area (Å²) in [4.78, 5) is 16.8. The first-order chi connectivity index (χ1) is 17.7. The second kappa shape index (κ2) is 12.6. The minimum Gasteiger partial charge on any atom is -0.489 e. The monoisotopic (exact) mass is 528 g/mol. The third-order valence-electron chi connectivity index (χ3n) is 5.30. The van der Waals surface area contributed by atoms with Gasteiger partial charge in [-0.2, -0.15) is 8.78 Å². The number of alkyl halides is 2. The maximum Gasteiger partial charge on any atom is 0.387 e. The van der Waals surface area contributed by atoms with Crippen LogP contribution in [0.3, 0.4) is 0 Å². The van der Waals surface area contributed by atoms with Gasteiger partial charge in [-0.15, -0.1) is 0 Å². The number of carbonyl (C=O) groups is 1. The fourth-order valence-corrected chi connectivity index (χ4v) is 3.30. The first-order valence-electron chi connectivity index (χ1n) is 11.7. The van der Waals surface area contributed by atoms with E-state index in [1.165, 1.54) is 18.2 Å². The van der Waals surface area contributed by atoms with Gasteiger partial charge in [0.25, 0.3) is 5.91 Å². The summed E-state index contributed by atoms with van der Waals surface area (Å²) in [5.41, 5.74) is 5.79. The average molecular weight is 529 g/mol. The van der Waals surface area contributed by atoms with Crippen molar-refractivity contribution in [3.63, 3.8) is 0 Å². The Hall–Kier alpha value is -3.58. The van der Waals surface area contributed by atoms with Crippen LogP contribution < -0.4 is 20.5 Å². The Morgan fingerprint density at radius 2 is 2.03 bits per heavy atom. The lowest BCUT2D eigenvalue weighted by molar-refractivity contribution is -0.0756. The van der Waals surface area contributed by atoms with E-state index in [0.717, 1.165) is 12.8 Å². The molecule has 0 saturated heterocycles. The summed E-state index contributed by atoms with van der Waals surface area (Å²) >= 11 is 0. The molecule has 202 valence electrons. The van der Waals surface area contributed by atoms with Gasteiger partial charge in [0.2, 0.25) is 5.89 Å². The summed E-state index contributed by atoms with van der Waals surface area (Å²) in [5.74, 6) is -2.51. The summed E-state index contributed by atoms with van der Waals surface area (Å²) in [6, 6.07) is 2.75. The molecule has 1 aromatic heterocycles. The highest BCUT2D eigenvalue weighted by Gasteiger charge is 2.28. The number of hydrogen-bond donors (Lipinski definition) is 3. The molecule has 0 bridgehead atoms. The molecule has 1 aliphatic heterocycles. The zero-order chi connectivity index (χ0) is 27.1. The number of nitrogens with zero attached hydrogens (tertiary/aromatic N) is 2. The van der Waals surface area contributed by atoms with Crippen LogP contribution in [-0.4, -0.2) is 47.0 Å². The first kappa shape index (κ1) is 28.0. The lowest BCUT2D eigenvalue weighted by atomic mass is 10.2. The number of benzene rings is 1. The van der Waals surface area contributed by atoms with Gasteiger partial charge in [-0.3, -0.25) is 10.0 Å². The number of hydrogen-bond acceptors (Lipinski definition) is 8. The quantitative estimate of drug-likeness (QED) is 0.380. The molecule has 1 aromatic carbocycles. The molecule has 13 heteroatoms. The summed E-state index contributed by atoms with van der Waals surface area (Å²) < 4.78 is 68.4. The van der Waals surface area contributed by atoms with Crippen molar-refractivity contribution in [2.24, 2.45) is 11.7 Å².